The molecule has 5 aromatic rings. The van der Waals surface area contributed by atoms with Crippen molar-refractivity contribution in [1.29, 1.82) is 5.26 Å². The van der Waals surface area contributed by atoms with Gasteiger partial charge in [0.15, 0.2) is 11.6 Å². The highest BCUT2D eigenvalue weighted by atomic mass is 35.5. The van der Waals surface area contributed by atoms with Crippen LogP contribution in [-0.2, 0) is 0 Å². The van der Waals surface area contributed by atoms with Crippen molar-refractivity contribution in [3.8, 4) is 29.0 Å². The van der Waals surface area contributed by atoms with Crippen molar-refractivity contribution < 1.29 is 27.0 Å². The number of pyridine rings is 1. The van der Waals surface area contributed by atoms with Crippen molar-refractivity contribution in [2.45, 2.75) is 50.1 Å². The number of hydrogen-bond donors (Lipinski definition) is 2. The average molecular weight is 751 g/mol. The molecule has 4 N–H and O–H groups in total. The van der Waals surface area contributed by atoms with E-state index in [0.717, 1.165) is 17.8 Å². The highest BCUT2D eigenvalue weighted by molar-refractivity contribution is 7.23. The maximum absolute atomic E-state index is 17.4. The van der Waals surface area contributed by atoms with Crippen LogP contribution in [0.15, 0.2) is 30.5 Å². The van der Waals surface area contributed by atoms with Crippen LogP contribution in [0, 0.1) is 28.4 Å². The molecular weight excluding hydrogens is 720 g/mol. The molecular formula is C36H31ClF4N8O2S. The fourth-order valence-electron chi connectivity index (χ4n) is 8.72. The van der Waals surface area contributed by atoms with E-state index in [-0.39, 0.29) is 97.9 Å². The molecule has 9 rings (SSSR count). The summed E-state index contributed by atoms with van der Waals surface area (Å²) < 4.78 is 74.2. The van der Waals surface area contributed by atoms with Gasteiger partial charge in [-0.15, -0.1) is 11.3 Å². The number of nitriles is 1. The number of anilines is 3. The first kappa shape index (κ1) is 33.2. The van der Waals surface area contributed by atoms with Gasteiger partial charge < -0.3 is 25.8 Å². The van der Waals surface area contributed by atoms with Crippen molar-refractivity contribution >= 4 is 60.6 Å². The molecule has 3 aliphatic heterocycles. The van der Waals surface area contributed by atoms with Crippen LogP contribution in [-0.4, -0.2) is 64.2 Å². The monoisotopic (exact) mass is 750 g/mol. The van der Waals surface area contributed by atoms with E-state index in [1.165, 1.54) is 12.1 Å². The number of hydrogen-bond acceptors (Lipinski definition) is 11. The highest BCUT2D eigenvalue weighted by Gasteiger charge is 2.77. The second kappa shape index (κ2) is 11.4. The second-order valence-electron chi connectivity index (χ2n) is 14.2. The summed E-state index contributed by atoms with van der Waals surface area (Å²) in [5, 5.41) is 10.2. The topological polar surface area (TPSA) is 139 Å². The third-order valence-electron chi connectivity index (χ3n) is 11.4. The molecule has 6 heterocycles. The van der Waals surface area contributed by atoms with Crippen LogP contribution in [0.25, 0.3) is 32.1 Å². The maximum atomic E-state index is 17.4. The number of thiophene rings is 1. The van der Waals surface area contributed by atoms with E-state index >= 15 is 8.78 Å². The molecule has 0 amide bonds. The Balaban J connectivity index is 1.24. The number of benzene rings is 2. The van der Waals surface area contributed by atoms with E-state index in [9.17, 15) is 14.0 Å². The number of aromatic nitrogens is 3. The third kappa shape index (κ3) is 4.66. The van der Waals surface area contributed by atoms with Crippen LogP contribution in [0.3, 0.4) is 0 Å². The second-order valence-corrected chi connectivity index (χ2v) is 15.6. The van der Waals surface area contributed by atoms with Gasteiger partial charge >= 0.3 is 6.01 Å². The summed E-state index contributed by atoms with van der Waals surface area (Å²) in [5.74, 6) is -3.56. The number of halogens is 5. The Morgan fingerprint density at radius 1 is 1.15 bits per heavy atom. The first-order chi connectivity index (χ1) is 24.9. The molecule has 1 saturated carbocycles. The van der Waals surface area contributed by atoms with E-state index in [2.05, 4.69) is 14.9 Å². The minimum atomic E-state index is -2.71. The van der Waals surface area contributed by atoms with Gasteiger partial charge in [0.25, 0.3) is 5.92 Å². The van der Waals surface area contributed by atoms with Crippen LogP contribution in [0.5, 0.6) is 11.8 Å². The quantitative estimate of drug-likeness (QED) is 0.168. The van der Waals surface area contributed by atoms with Gasteiger partial charge in [0, 0.05) is 35.7 Å². The first-order valence-electron chi connectivity index (χ1n) is 16.9. The molecule has 0 radical (unpaired) electrons. The molecule has 3 atom stereocenters. The van der Waals surface area contributed by atoms with E-state index in [1.807, 2.05) is 24.0 Å². The molecule has 4 aliphatic rings. The number of rotatable bonds is 6. The zero-order chi connectivity index (χ0) is 36.3. The molecule has 268 valence electrons. The van der Waals surface area contributed by atoms with Gasteiger partial charge in [0.05, 0.1) is 44.2 Å². The molecule has 52 heavy (non-hydrogen) atoms. The predicted molar refractivity (Wildman–Crippen MR) is 190 cm³/mol. The number of fused-ring (bicyclic) bond motifs is 2. The fraction of sp³-hybridized carbons (Fsp3) is 0.389. The molecule has 0 bridgehead atoms. The van der Waals surface area contributed by atoms with Crippen LogP contribution >= 0.6 is 22.9 Å². The largest absolute Gasteiger partial charge is 0.489 e. The SMILES string of the molecule is C[C@H](c1cccnc1N)N1CCOc2c(Cl)c(-c3ccc(F)c4sc(N)c(C#N)c34)c(F)c3nc(OC[C@@]45CCCN4C[C@@]4(CC4(F)F)C5)nc1c23. The predicted octanol–water partition coefficient (Wildman–Crippen LogP) is 7.48. The fourth-order valence-corrected chi connectivity index (χ4v) is 10.0. The zero-order valence-electron chi connectivity index (χ0n) is 27.8. The van der Waals surface area contributed by atoms with Crippen LogP contribution in [0.4, 0.5) is 34.2 Å². The molecule has 10 nitrogen and oxygen atoms in total. The average Bonchev–Trinajstić information content (AvgIpc) is 3.36. The van der Waals surface area contributed by atoms with Gasteiger partial charge in [-0.2, -0.15) is 15.2 Å². The standard InChI is InChI=1S/C36H31ClF4N8O2S/c1-17(18-4-2-8-45-30(18)43)49-10-11-50-28-24-27(26(39)23(25(28)37)19-5-6-21(38)29-22(19)20(12-42)31(44)52-29)46-33(47-32(24)49)51-16-35-7-3-9-48(35)15-34(13-35)14-36(34,40)41/h2,4-6,8,17H,3,7,9-11,13-16,44H2,1H3,(H2,43,45)/t17-,34+,35+/m1/s1. The summed E-state index contributed by atoms with van der Waals surface area (Å²) in [4.78, 5) is 17.6. The summed E-state index contributed by atoms with van der Waals surface area (Å²) in [7, 11) is 0. The Hall–Kier alpha value is -4.65. The van der Waals surface area contributed by atoms with Crippen molar-refractivity contribution in [2.75, 3.05) is 49.2 Å². The normalized spacial score (nSPS) is 23.8. The lowest BCUT2D eigenvalue weighted by atomic mass is 9.89. The van der Waals surface area contributed by atoms with Crippen molar-refractivity contribution in [1.82, 2.24) is 19.9 Å². The molecule has 16 heteroatoms. The molecule has 3 aromatic heterocycles. The third-order valence-corrected chi connectivity index (χ3v) is 12.8. The number of alkyl halides is 2. The lowest BCUT2D eigenvalue weighted by molar-refractivity contribution is 0.0647. The summed E-state index contributed by atoms with van der Waals surface area (Å²) >= 11 is 7.93. The lowest BCUT2D eigenvalue weighted by Crippen LogP contribution is -2.43. The molecule has 2 aromatic carbocycles. The Bertz CT molecular complexity index is 2390. The Morgan fingerprint density at radius 2 is 1.96 bits per heavy atom. The maximum Gasteiger partial charge on any atom is 0.319 e. The van der Waals surface area contributed by atoms with Gasteiger partial charge in [-0.05, 0) is 50.4 Å². The lowest BCUT2D eigenvalue weighted by Gasteiger charge is -2.32. The zero-order valence-corrected chi connectivity index (χ0v) is 29.4. The van der Waals surface area contributed by atoms with Crippen LogP contribution < -0.4 is 25.8 Å². The van der Waals surface area contributed by atoms with Gasteiger partial charge in [0.1, 0.15) is 47.3 Å². The summed E-state index contributed by atoms with van der Waals surface area (Å²) in [6.45, 7) is 3.28. The van der Waals surface area contributed by atoms with E-state index in [1.54, 1.807) is 12.3 Å². The van der Waals surface area contributed by atoms with Crippen molar-refractivity contribution in [2.24, 2.45) is 5.41 Å². The molecule has 3 fully saturated rings. The minimum absolute atomic E-state index is 0.00532. The summed E-state index contributed by atoms with van der Waals surface area (Å²) in [6, 6.07) is 7.53. The number of nitrogens with zero attached hydrogens (tertiary/aromatic N) is 6. The number of ether oxygens (including phenoxy) is 2. The molecule has 2 saturated heterocycles. The van der Waals surface area contributed by atoms with Crippen molar-refractivity contribution in [3.63, 3.8) is 0 Å². The smallest absolute Gasteiger partial charge is 0.319 e. The molecule has 0 unspecified atom stereocenters. The highest BCUT2D eigenvalue weighted by Crippen LogP contribution is 2.69. The van der Waals surface area contributed by atoms with E-state index in [0.29, 0.717) is 30.9 Å². The Morgan fingerprint density at radius 3 is 2.71 bits per heavy atom. The first-order valence-corrected chi connectivity index (χ1v) is 18.1. The number of nitrogens with two attached hydrogens (primary N) is 2. The number of nitrogen functional groups attached to an aromatic ring is 2. The van der Waals surface area contributed by atoms with E-state index in [4.69, 9.17) is 37.5 Å². The van der Waals surface area contributed by atoms with Crippen LogP contribution in [0.2, 0.25) is 5.02 Å². The van der Waals surface area contributed by atoms with Crippen LogP contribution in [0.1, 0.15) is 49.8 Å². The molecule has 1 aliphatic carbocycles. The van der Waals surface area contributed by atoms with E-state index < -0.39 is 34.6 Å². The summed E-state index contributed by atoms with van der Waals surface area (Å²) in [6.07, 6.45) is 3.24. The Kier molecular flexibility index (Phi) is 7.29. The summed E-state index contributed by atoms with van der Waals surface area (Å²) in [5.41, 5.74) is 11.2. The molecule has 1 spiro atoms. The van der Waals surface area contributed by atoms with Gasteiger partial charge in [-0.1, -0.05) is 23.7 Å². The Labute approximate surface area is 303 Å². The van der Waals surface area contributed by atoms with Gasteiger partial charge in [0.2, 0.25) is 0 Å². The van der Waals surface area contributed by atoms with Crippen molar-refractivity contribution in [3.05, 3.63) is 58.2 Å². The van der Waals surface area contributed by atoms with Gasteiger partial charge in [-0.25, -0.2) is 22.5 Å². The minimum Gasteiger partial charge on any atom is -0.489 e. The van der Waals surface area contributed by atoms with Gasteiger partial charge in [-0.3, -0.25) is 4.90 Å².